The Morgan fingerprint density at radius 1 is 1.10 bits per heavy atom. The molecule has 1 aliphatic rings. The van der Waals surface area contributed by atoms with Gasteiger partial charge in [-0.05, 0) is 18.2 Å². The van der Waals surface area contributed by atoms with Crippen molar-refractivity contribution < 1.29 is 28.8 Å². The molecule has 0 fully saturated rings. The van der Waals surface area contributed by atoms with Crippen LogP contribution < -0.4 is 5.32 Å². The number of nitrogens with one attached hydrogen (secondary N) is 1. The number of anilines is 1. The number of halogens is 2. The van der Waals surface area contributed by atoms with Crippen molar-refractivity contribution in [3.05, 3.63) is 67.7 Å². The quantitative estimate of drug-likeness (QED) is 0.308. The van der Waals surface area contributed by atoms with Crippen LogP contribution in [-0.2, 0) is 14.3 Å². The van der Waals surface area contributed by atoms with E-state index in [4.69, 9.17) is 27.9 Å². The van der Waals surface area contributed by atoms with Crippen LogP contribution in [0.3, 0.4) is 0 Å². The van der Waals surface area contributed by atoms with Crippen molar-refractivity contribution in [1.29, 1.82) is 0 Å². The summed E-state index contributed by atoms with van der Waals surface area (Å²) in [4.78, 5) is 59.5. The number of carbonyl (C=O) groups excluding carboxylic acids is 4. The molecule has 3 rings (SSSR count). The molecular weight excluding hydrogens is 441 g/mol. The predicted octanol–water partition coefficient (Wildman–Crippen LogP) is 2.68. The highest BCUT2D eigenvalue weighted by atomic mass is 35.5. The molecule has 1 heterocycles. The second-order valence-corrected chi connectivity index (χ2v) is 6.75. The van der Waals surface area contributed by atoms with Crippen LogP contribution in [0.15, 0.2) is 36.4 Å². The Labute approximate surface area is 178 Å². The molecule has 1 aliphatic heterocycles. The maximum absolute atomic E-state index is 12.4. The number of nitro benzene ring substituents is 1. The van der Waals surface area contributed by atoms with Crippen molar-refractivity contribution in [3.8, 4) is 0 Å². The van der Waals surface area contributed by atoms with Crippen molar-refractivity contribution in [3.63, 3.8) is 0 Å². The van der Waals surface area contributed by atoms with Crippen LogP contribution in [0, 0.1) is 10.1 Å². The number of nitrogens with zero attached hydrogens (tertiary/aromatic N) is 2. The summed E-state index contributed by atoms with van der Waals surface area (Å²) in [5.41, 5.74) is -0.915. The van der Waals surface area contributed by atoms with Crippen LogP contribution in [0.4, 0.5) is 11.4 Å². The summed E-state index contributed by atoms with van der Waals surface area (Å²) < 4.78 is 4.77. The first-order valence-corrected chi connectivity index (χ1v) is 8.99. The lowest BCUT2D eigenvalue weighted by atomic mass is 10.1. The van der Waals surface area contributed by atoms with Gasteiger partial charge >= 0.3 is 5.97 Å². The van der Waals surface area contributed by atoms with E-state index in [1.165, 1.54) is 24.3 Å². The van der Waals surface area contributed by atoms with Crippen LogP contribution in [0.2, 0.25) is 10.0 Å². The monoisotopic (exact) mass is 451 g/mol. The Hall–Kier alpha value is -3.50. The molecule has 0 unspecified atom stereocenters. The van der Waals surface area contributed by atoms with Gasteiger partial charge in [0, 0.05) is 6.07 Å². The van der Waals surface area contributed by atoms with Gasteiger partial charge in [0.1, 0.15) is 12.1 Å². The maximum atomic E-state index is 12.4. The molecule has 154 valence electrons. The highest BCUT2D eigenvalue weighted by Gasteiger charge is 2.41. The van der Waals surface area contributed by atoms with Crippen LogP contribution >= 0.6 is 23.2 Å². The van der Waals surface area contributed by atoms with Crippen LogP contribution in [0.1, 0.15) is 20.7 Å². The summed E-state index contributed by atoms with van der Waals surface area (Å²) in [6.07, 6.45) is 0. The van der Waals surface area contributed by atoms with Crippen LogP contribution in [0.5, 0.6) is 0 Å². The van der Waals surface area contributed by atoms with Crippen molar-refractivity contribution in [2.24, 2.45) is 0 Å². The molecule has 0 aromatic heterocycles. The Morgan fingerprint density at radius 2 is 1.80 bits per heavy atom. The van der Waals surface area contributed by atoms with Gasteiger partial charge in [0.15, 0.2) is 6.61 Å². The van der Waals surface area contributed by atoms with Crippen molar-refractivity contribution in [1.82, 2.24) is 4.90 Å². The summed E-state index contributed by atoms with van der Waals surface area (Å²) in [7, 11) is 0. The number of ether oxygens (including phenoxy) is 1. The number of nitro groups is 1. The van der Waals surface area contributed by atoms with E-state index in [9.17, 15) is 29.3 Å². The number of imide groups is 1. The summed E-state index contributed by atoms with van der Waals surface area (Å²) in [6.45, 7) is -1.53. The Morgan fingerprint density at radius 3 is 2.50 bits per heavy atom. The number of carbonyl (C=O) groups is 4. The third-order valence-corrected chi connectivity index (χ3v) is 4.87. The molecule has 10 nitrogen and oxygen atoms in total. The van der Waals surface area contributed by atoms with E-state index in [1.54, 1.807) is 6.07 Å². The number of amides is 3. The van der Waals surface area contributed by atoms with E-state index in [-0.39, 0.29) is 21.3 Å². The number of rotatable bonds is 6. The first kappa shape index (κ1) is 21.2. The lowest BCUT2D eigenvalue weighted by molar-refractivity contribution is -0.385. The lowest BCUT2D eigenvalue weighted by Gasteiger charge is -2.13. The van der Waals surface area contributed by atoms with E-state index in [2.05, 4.69) is 5.32 Å². The van der Waals surface area contributed by atoms with Gasteiger partial charge in [-0.25, -0.2) is 0 Å². The highest BCUT2D eigenvalue weighted by Crippen LogP contribution is 2.31. The zero-order chi connectivity index (χ0) is 22.0. The first-order valence-electron chi connectivity index (χ1n) is 8.23. The topological polar surface area (TPSA) is 136 Å². The molecule has 12 heteroatoms. The minimum absolute atomic E-state index is 0.103. The molecule has 0 atom stereocenters. The zero-order valence-corrected chi connectivity index (χ0v) is 16.4. The fourth-order valence-corrected chi connectivity index (χ4v) is 3.07. The van der Waals surface area contributed by atoms with Gasteiger partial charge in [-0.2, -0.15) is 0 Å². The zero-order valence-electron chi connectivity index (χ0n) is 14.9. The molecule has 30 heavy (non-hydrogen) atoms. The average molecular weight is 452 g/mol. The second-order valence-electron chi connectivity index (χ2n) is 5.96. The minimum Gasteiger partial charge on any atom is -0.454 e. The van der Waals surface area contributed by atoms with Gasteiger partial charge in [-0.3, -0.25) is 34.2 Å². The fraction of sp³-hybridized carbons (Fsp3) is 0.111. The van der Waals surface area contributed by atoms with Gasteiger partial charge in [0.25, 0.3) is 23.4 Å². The SMILES string of the molecule is O=C(COC(=O)CN1C(=O)c2cccc([N+](=O)[O-])c2C1=O)Nc1cccc(Cl)c1Cl. The summed E-state index contributed by atoms with van der Waals surface area (Å²) in [6, 6.07) is 8.14. The summed E-state index contributed by atoms with van der Waals surface area (Å²) >= 11 is 11.8. The molecule has 0 saturated heterocycles. The van der Waals surface area contributed by atoms with E-state index >= 15 is 0 Å². The Balaban J connectivity index is 1.61. The van der Waals surface area contributed by atoms with Gasteiger partial charge in [-0.1, -0.05) is 35.3 Å². The lowest BCUT2D eigenvalue weighted by Crippen LogP contribution is -2.36. The van der Waals surface area contributed by atoms with E-state index < -0.39 is 53.0 Å². The van der Waals surface area contributed by atoms with Crippen LogP contribution in [0.25, 0.3) is 0 Å². The first-order chi connectivity index (χ1) is 14.2. The van der Waals surface area contributed by atoms with Gasteiger partial charge in [-0.15, -0.1) is 0 Å². The second kappa shape index (κ2) is 8.47. The van der Waals surface area contributed by atoms with Crippen molar-refractivity contribution in [2.75, 3.05) is 18.5 Å². The fourth-order valence-electron chi connectivity index (χ4n) is 2.72. The number of hydrogen-bond donors (Lipinski definition) is 1. The van der Waals surface area contributed by atoms with E-state index in [1.807, 2.05) is 0 Å². The Bertz CT molecular complexity index is 1100. The molecule has 1 N–H and O–H groups in total. The normalized spacial score (nSPS) is 12.5. The maximum Gasteiger partial charge on any atom is 0.326 e. The largest absolute Gasteiger partial charge is 0.454 e. The number of fused-ring (bicyclic) bond motifs is 1. The summed E-state index contributed by atoms with van der Waals surface area (Å²) in [5, 5.41) is 13.8. The molecule has 0 bridgehead atoms. The third kappa shape index (κ3) is 4.09. The average Bonchev–Trinajstić information content (AvgIpc) is 2.95. The van der Waals surface area contributed by atoms with Crippen molar-refractivity contribution in [2.45, 2.75) is 0 Å². The van der Waals surface area contributed by atoms with Crippen LogP contribution in [-0.4, -0.2) is 46.7 Å². The molecule has 0 radical (unpaired) electrons. The summed E-state index contributed by atoms with van der Waals surface area (Å²) in [5.74, 6) is -3.65. The molecule has 2 aromatic rings. The molecular formula is C18H11Cl2N3O7. The molecule has 2 aromatic carbocycles. The smallest absolute Gasteiger partial charge is 0.326 e. The minimum atomic E-state index is -1.06. The molecule has 0 aliphatic carbocycles. The molecule has 3 amide bonds. The predicted molar refractivity (Wildman–Crippen MR) is 105 cm³/mol. The number of benzene rings is 2. The highest BCUT2D eigenvalue weighted by molar-refractivity contribution is 6.44. The molecule has 0 saturated carbocycles. The number of hydrogen-bond acceptors (Lipinski definition) is 7. The Kier molecular flexibility index (Phi) is 5.99. The van der Waals surface area contributed by atoms with E-state index in [0.717, 1.165) is 6.07 Å². The van der Waals surface area contributed by atoms with Gasteiger partial charge in [0.05, 0.1) is 26.2 Å². The van der Waals surface area contributed by atoms with Crippen molar-refractivity contribution >= 4 is 58.3 Å². The molecule has 0 spiro atoms. The van der Waals surface area contributed by atoms with Gasteiger partial charge in [0.2, 0.25) is 0 Å². The number of esters is 1. The standard InChI is InChI=1S/C18H11Cl2N3O7/c19-10-4-2-5-11(16(10)20)21-13(24)8-30-14(25)7-22-17(26)9-3-1-6-12(23(28)29)15(9)18(22)27/h1-6H,7-8H2,(H,21,24). The van der Waals surface area contributed by atoms with E-state index in [0.29, 0.717) is 4.90 Å². The third-order valence-electron chi connectivity index (χ3n) is 4.05. The van der Waals surface area contributed by atoms with Gasteiger partial charge < -0.3 is 10.1 Å².